The lowest BCUT2D eigenvalue weighted by Gasteiger charge is -2.50. The molecule has 0 radical (unpaired) electrons. The van der Waals surface area contributed by atoms with Crippen molar-refractivity contribution >= 4 is 16.8 Å². The number of nitrogens with zero attached hydrogens (tertiary/aromatic N) is 2. The van der Waals surface area contributed by atoms with Gasteiger partial charge in [0.05, 0.1) is 11.6 Å². The molecule has 0 amide bonds. The highest BCUT2D eigenvalue weighted by Gasteiger charge is 2.50. The Hall–Kier alpha value is -1.65. The molecule has 4 atom stereocenters. The van der Waals surface area contributed by atoms with Crippen molar-refractivity contribution in [2.24, 2.45) is 11.8 Å². The third-order valence-corrected chi connectivity index (χ3v) is 6.30. The van der Waals surface area contributed by atoms with Gasteiger partial charge in [-0.3, -0.25) is 14.3 Å². The number of hydrogen-bond donors (Lipinski definition) is 1. The molecule has 120 valence electrons. The fourth-order valence-corrected chi connectivity index (χ4v) is 5.22. The number of aromatic nitrogens is 1. The molecule has 0 aliphatic carbocycles. The number of hydrogen-bond acceptors (Lipinski definition) is 3. The van der Waals surface area contributed by atoms with Gasteiger partial charge in [0.25, 0.3) is 5.91 Å². The molecule has 0 saturated carbocycles. The maximum atomic E-state index is 12.9. The van der Waals surface area contributed by atoms with Crippen molar-refractivity contribution in [3.05, 3.63) is 35.5 Å². The average molecular weight is 310 g/mol. The molecule has 5 rings (SSSR count). The van der Waals surface area contributed by atoms with Crippen molar-refractivity contribution in [1.29, 1.82) is 0 Å². The van der Waals surface area contributed by atoms with Crippen LogP contribution in [0, 0.1) is 11.8 Å². The number of carbonyl (C=O) groups is 1. The Bertz CT molecular complexity index is 809. The van der Waals surface area contributed by atoms with E-state index in [-0.39, 0.29) is 17.9 Å². The third-order valence-electron chi connectivity index (χ3n) is 6.30. The summed E-state index contributed by atoms with van der Waals surface area (Å²) in [6.07, 6.45) is 2.22. The van der Waals surface area contributed by atoms with Crippen LogP contribution < -0.4 is 0 Å². The van der Waals surface area contributed by atoms with Crippen LogP contribution in [0.15, 0.2) is 24.3 Å². The number of fused-ring (bicyclic) bond motifs is 3. The van der Waals surface area contributed by atoms with E-state index < -0.39 is 6.10 Å². The number of rotatable bonds is 1. The van der Waals surface area contributed by atoms with Gasteiger partial charge >= 0.3 is 0 Å². The van der Waals surface area contributed by atoms with Gasteiger partial charge in [-0.1, -0.05) is 31.5 Å². The zero-order chi connectivity index (χ0) is 15.7. The Balaban J connectivity index is 1.79. The summed E-state index contributed by atoms with van der Waals surface area (Å²) in [5.41, 5.74) is 3.48. The summed E-state index contributed by atoms with van der Waals surface area (Å²) in [6.45, 7) is 4.35. The monoisotopic (exact) mass is 310 g/mol. The summed E-state index contributed by atoms with van der Waals surface area (Å²) in [5.74, 6) is 0.524. The minimum Gasteiger partial charge on any atom is -0.383 e. The Morgan fingerprint density at radius 3 is 2.96 bits per heavy atom. The number of carbonyl (C=O) groups excluding carboxylic acids is 1. The smallest absolute Gasteiger partial charge is 0.260 e. The van der Waals surface area contributed by atoms with Crippen LogP contribution in [0.4, 0.5) is 0 Å². The van der Waals surface area contributed by atoms with Crippen LogP contribution in [0.2, 0.25) is 0 Å². The number of aliphatic hydroxyl groups excluding tert-OH is 1. The second-order valence-corrected chi connectivity index (χ2v) is 7.36. The van der Waals surface area contributed by atoms with E-state index >= 15 is 0 Å². The maximum absolute atomic E-state index is 12.9. The average Bonchev–Trinajstić information content (AvgIpc) is 2.93. The van der Waals surface area contributed by atoms with Crippen LogP contribution in [0.1, 0.15) is 41.9 Å². The van der Waals surface area contributed by atoms with E-state index in [1.54, 1.807) is 0 Å². The largest absolute Gasteiger partial charge is 0.383 e. The minimum atomic E-state index is -0.869. The lowest BCUT2D eigenvalue weighted by Crippen LogP contribution is -2.55. The topological polar surface area (TPSA) is 45.5 Å². The van der Waals surface area contributed by atoms with Gasteiger partial charge in [-0.05, 0) is 30.4 Å². The molecule has 1 fully saturated rings. The normalized spacial score (nSPS) is 33.0. The highest BCUT2D eigenvalue weighted by atomic mass is 16.3. The van der Waals surface area contributed by atoms with Crippen LogP contribution in [-0.2, 0) is 6.42 Å². The molecule has 0 spiro atoms. The van der Waals surface area contributed by atoms with E-state index in [4.69, 9.17) is 0 Å². The summed E-state index contributed by atoms with van der Waals surface area (Å²) in [6, 6.07) is 8.37. The molecule has 4 heterocycles. The molecule has 4 heteroatoms. The van der Waals surface area contributed by atoms with Crippen molar-refractivity contribution in [2.45, 2.75) is 38.3 Å². The number of piperidine rings is 1. The summed E-state index contributed by atoms with van der Waals surface area (Å²) >= 11 is 0. The molecule has 1 N–H and O–H groups in total. The molecule has 3 aliphatic rings. The highest BCUT2D eigenvalue weighted by Crippen LogP contribution is 2.49. The van der Waals surface area contributed by atoms with E-state index in [1.807, 2.05) is 22.8 Å². The Morgan fingerprint density at radius 1 is 1.30 bits per heavy atom. The number of aliphatic hydroxyl groups is 1. The summed E-state index contributed by atoms with van der Waals surface area (Å²) in [7, 11) is 0. The first kappa shape index (κ1) is 13.8. The van der Waals surface area contributed by atoms with Gasteiger partial charge in [0.15, 0.2) is 0 Å². The van der Waals surface area contributed by atoms with E-state index in [0.717, 1.165) is 37.9 Å². The first-order chi connectivity index (χ1) is 11.2. The van der Waals surface area contributed by atoms with Gasteiger partial charge in [-0.15, -0.1) is 0 Å². The first-order valence-corrected chi connectivity index (χ1v) is 8.79. The standard InChI is InChI=1S/C19H22N2O2/c1-2-11-9-14-16-17-13(7-8-20(16)10-11)12-5-3-4-6-15(12)21(17)19(23)18(14)22/h3-6,11,14,16,18,22H,2,7-10H2,1H3/t11-,14+,16-,18+/m1/s1. The van der Waals surface area contributed by atoms with Crippen molar-refractivity contribution in [3.8, 4) is 0 Å². The van der Waals surface area contributed by atoms with Crippen molar-refractivity contribution in [3.63, 3.8) is 0 Å². The zero-order valence-corrected chi connectivity index (χ0v) is 13.4. The number of benzene rings is 1. The van der Waals surface area contributed by atoms with Gasteiger partial charge in [-0.2, -0.15) is 0 Å². The van der Waals surface area contributed by atoms with Gasteiger partial charge in [0.1, 0.15) is 6.10 Å². The van der Waals surface area contributed by atoms with Gasteiger partial charge in [-0.25, -0.2) is 0 Å². The van der Waals surface area contributed by atoms with E-state index in [9.17, 15) is 9.90 Å². The second kappa shape index (κ2) is 4.68. The van der Waals surface area contributed by atoms with Crippen LogP contribution >= 0.6 is 0 Å². The van der Waals surface area contributed by atoms with Gasteiger partial charge < -0.3 is 5.11 Å². The van der Waals surface area contributed by atoms with Gasteiger partial charge in [0.2, 0.25) is 0 Å². The molecule has 0 bridgehead atoms. The zero-order valence-electron chi connectivity index (χ0n) is 13.4. The second-order valence-electron chi connectivity index (χ2n) is 7.36. The predicted octanol–water partition coefficient (Wildman–Crippen LogP) is 2.60. The fraction of sp³-hybridized carbons (Fsp3) is 0.526. The minimum absolute atomic E-state index is 0.0528. The van der Waals surface area contributed by atoms with Crippen LogP contribution in [0.3, 0.4) is 0 Å². The van der Waals surface area contributed by atoms with Crippen LogP contribution in [0.5, 0.6) is 0 Å². The molecule has 1 aromatic carbocycles. The molecule has 2 aromatic rings. The van der Waals surface area contributed by atoms with Gasteiger partial charge in [0, 0.05) is 30.1 Å². The SMILES string of the molecule is CC[C@@H]1C[C@@H]2[C@H](O)C(=O)n3c4c(c5ccccc53)CCN(C1)[C@@H]42. The Kier molecular flexibility index (Phi) is 2.80. The summed E-state index contributed by atoms with van der Waals surface area (Å²) in [4.78, 5) is 15.4. The molecule has 3 aliphatic heterocycles. The summed E-state index contributed by atoms with van der Waals surface area (Å²) in [5, 5.41) is 11.9. The lowest BCUT2D eigenvalue weighted by molar-refractivity contribution is -0.0323. The quantitative estimate of drug-likeness (QED) is 0.880. The Labute approximate surface area is 135 Å². The molecule has 1 aromatic heterocycles. The van der Waals surface area contributed by atoms with Crippen molar-refractivity contribution in [2.75, 3.05) is 13.1 Å². The highest BCUT2D eigenvalue weighted by molar-refractivity contribution is 5.99. The number of para-hydroxylation sites is 1. The van der Waals surface area contributed by atoms with Crippen molar-refractivity contribution < 1.29 is 9.90 Å². The van der Waals surface area contributed by atoms with Crippen molar-refractivity contribution in [1.82, 2.24) is 9.47 Å². The Morgan fingerprint density at radius 2 is 2.13 bits per heavy atom. The summed E-state index contributed by atoms with van der Waals surface area (Å²) < 4.78 is 1.83. The molecule has 4 nitrogen and oxygen atoms in total. The first-order valence-electron chi connectivity index (χ1n) is 8.79. The maximum Gasteiger partial charge on any atom is 0.260 e. The lowest BCUT2D eigenvalue weighted by atomic mass is 9.73. The van der Waals surface area contributed by atoms with Crippen LogP contribution in [0.25, 0.3) is 10.9 Å². The van der Waals surface area contributed by atoms with E-state index in [2.05, 4.69) is 17.9 Å². The molecular weight excluding hydrogens is 288 g/mol. The molecular formula is C19H22N2O2. The van der Waals surface area contributed by atoms with Crippen LogP contribution in [-0.4, -0.2) is 39.7 Å². The molecule has 23 heavy (non-hydrogen) atoms. The molecule has 1 saturated heterocycles. The van der Waals surface area contributed by atoms with E-state index in [1.165, 1.54) is 16.6 Å². The fourth-order valence-electron chi connectivity index (χ4n) is 5.22. The predicted molar refractivity (Wildman–Crippen MR) is 88.5 cm³/mol. The molecule has 0 unspecified atom stereocenters. The van der Waals surface area contributed by atoms with E-state index in [0.29, 0.717) is 5.92 Å². The third kappa shape index (κ3) is 1.65.